The van der Waals surface area contributed by atoms with Gasteiger partial charge in [0.25, 0.3) is 5.91 Å². The van der Waals surface area contributed by atoms with Gasteiger partial charge in [-0.3, -0.25) is 14.7 Å². The second-order valence-corrected chi connectivity index (χ2v) is 6.89. The molecule has 1 fully saturated rings. The average molecular weight is 377 g/mol. The van der Waals surface area contributed by atoms with Crippen LogP contribution in [-0.2, 0) is 12.7 Å². The first-order valence-electron chi connectivity index (χ1n) is 8.98. The minimum atomic E-state index is -4.45. The summed E-state index contributed by atoms with van der Waals surface area (Å²) in [5.41, 5.74) is 0.421. The number of hydrogen-bond acceptors (Lipinski definition) is 3. The lowest BCUT2D eigenvalue weighted by molar-refractivity contribution is -0.137. The minimum Gasteiger partial charge on any atom is -0.352 e. The summed E-state index contributed by atoms with van der Waals surface area (Å²) in [6, 6.07) is 8.49. The van der Waals surface area contributed by atoms with Crippen molar-refractivity contribution in [2.75, 3.05) is 19.6 Å². The van der Waals surface area contributed by atoms with Crippen molar-refractivity contribution in [1.82, 2.24) is 15.2 Å². The van der Waals surface area contributed by atoms with Gasteiger partial charge in [0.2, 0.25) is 0 Å². The number of nitrogens with zero attached hydrogens (tertiary/aromatic N) is 2. The molecule has 1 saturated heterocycles. The maximum absolute atomic E-state index is 12.8. The number of carbonyl (C=O) groups excluding carboxylic acids is 1. The van der Waals surface area contributed by atoms with Crippen LogP contribution in [0.25, 0.3) is 0 Å². The van der Waals surface area contributed by atoms with Gasteiger partial charge < -0.3 is 5.32 Å². The molecule has 2 aromatic rings. The lowest BCUT2D eigenvalue weighted by Gasteiger charge is -2.32. The molecule has 3 rings (SSSR count). The van der Waals surface area contributed by atoms with Crippen LogP contribution in [0.1, 0.15) is 34.3 Å². The van der Waals surface area contributed by atoms with Crippen LogP contribution in [-0.4, -0.2) is 35.4 Å². The fourth-order valence-corrected chi connectivity index (χ4v) is 3.38. The Balaban J connectivity index is 1.53. The Bertz CT molecular complexity index is 765. The van der Waals surface area contributed by atoms with Gasteiger partial charge >= 0.3 is 6.18 Å². The van der Waals surface area contributed by atoms with E-state index in [1.54, 1.807) is 12.4 Å². The van der Waals surface area contributed by atoms with Crippen LogP contribution in [0.4, 0.5) is 13.2 Å². The van der Waals surface area contributed by atoms with E-state index in [1.807, 2.05) is 12.1 Å². The number of carbonyl (C=O) groups is 1. The molecule has 0 radical (unpaired) electrons. The van der Waals surface area contributed by atoms with Crippen LogP contribution in [0.2, 0.25) is 0 Å². The molecule has 1 unspecified atom stereocenters. The molecule has 1 amide bonds. The van der Waals surface area contributed by atoms with Gasteiger partial charge in [-0.05, 0) is 61.2 Å². The van der Waals surface area contributed by atoms with Crippen LogP contribution < -0.4 is 5.32 Å². The van der Waals surface area contributed by atoms with Crippen molar-refractivity contribution in [2.45, 2.75) is 25.6 Å². The molecule has 2 heterocycles. The molecule has 0 aliphatic carbocycles. The second-order valence-electron chi connectivity index (χ2n) is 6.89. The van der Waals surface area contributed by atoms with Crippen LogP contribution in [0, 0.1) is 5.92 Å². The van der Waals surface area contributed by atoms with E-state index < -0.39 is 17.6 Å². The highest BCUT2D eigenvalue weighted by Crippen LogP contribution is 2.29. The number of aromatic nitrogens is 1. The lowest BCUT2D eigenvalue weighted by Crippen LogP contribution is -2.40. The summed E-state index contributed by atoms with van der Waals surface area (Å²) in [5, 5.41) is 2.79. The van der Waals surface area contributed by atoms with Crippen molar-refractivity contribution >= 4 is 5.91 Å². The Hall–Kier alpha value is -2.41. The Morgan fingerprint density at radius 2 is 2.00 bits per heavy atom. The SMILES string of the molecule is O=C(NCC1CCCN(Cc2ccncc2)C1)c1cccc(C(F)(F)F)c1. The maximum Gasteiger partial charge on any atom is 0.416 e. The van der Waals surface area contributed by atoms with Crippen molar-refractivity contribution in [3.05, 3.63) is 65.5 Å². The Labute approximate surface area is 156 Å². The molecule has 1 aromatic heterocycles. The number of halogens is 3. The first kappa shape index (κ1) is 19.4. The molecule has 0 saturated carbocycles. The number of hydrogen-bond donors (Lipinski definition) is 1. The van der Waals surface area contributed by atoms with Gasteiger partial charge in [-0.15, -0.1) is 0 Å². The molecule has 144 valence electrons. The van der Waals surface area contributed by atoms with Crippen molar-refractivity contribution in [3.8, 4) is 0 Å². The van der Waals surface area contributed by atoms with Gasteiger partial charge in [0, 0.05) is 37.6 Å². The number of alkyl halides is 3. The van der Waals surface area contributed by atoms with Gasteiger partial charge in [-0.2, -0.15) is 13.2 Å². The predicted molar refractivity (Wildman–Crippen MR) is 96.0 cm³/mol. The first-order valence-corrected chi connectivity index (χ1v) is 8.98. The molecule has 0 spiro atoms. The van der Waals surface area contributed by atoms with Crippen molar-refractivity contribution < 1.29 is 18.0 Å². The molecule has 4 nitrogen and oxygen atoms in total. The number of benzene rings is 1. The Morgan fingerprint density at radius 1 is 1.22 bits per heavy atom. The summed E-state index contributed by atoms with van der Waals surface area (Å²) >= 11 is 0. The van der Waals surface area contributed by atoms with Gasteiger partial charge in [-0.25, -0.2) is 0 Å². The van der Waals surface area contributed by atoms with E-state index in [0.717, 1.165) is 44.6 Å². The van der Waals surface area contributed by atoms with Gasteiger partial charge in [0.1, 0.15) is 0 Å². The third kappa shape index (κ3) is 5.53. The van der Waals surface area contributed by atoms with Gasteiger partial charge in [-0.1, -0.05) is 6.07 Å². The van der Waals surface area contributed by atoms with Gasteiger partial charge in [0.15, 0.2) is 0 Å². The molecule has 1 N–H and O–H groups in total. The zero-order valence-electron chi connectivity index (χ0n) is 14.9. The van der Waals surface area contributed by atoms with E-state index in [-0.39, 0.29) is 11.5 Å². The summed E-state index contributed by atoms with van der Waals surface area (Å²) < 4.78 is 38.4. The molecule has 1 aromatic carbocycles. The van der Waals surface area contributed by atoms with E-state index in [0.29, 0.717) is 6.54 Å². The fourth-order valence-electron chi connectivity index (χ4n) is 3.38. The maximum atomic E-state index is 12.8. The van der Waals surface area contributed by atoms with Crippen LogP contribution in [0.3, 0.4) is 0 Å². The van der Waals surface area contributed by atoms with E-state index >= 15 is 0 Å². The van der Waals surface area contributed by atoms with Crippen LogP contribution >= 0.6 is 0 Å². The molecule has 7 heteroatoms. The minimum absolute atomic E-state index is 0.0364. The highest BCUT2D eigenvalue weighted by Gasteiger charge is 2.31. The number of amides is 1. The van der Waals surface area contributed by atoms with Crippen molar-refractivity contribution in [2.24, 2.45) is 5.92 Å². The molecule has 0 bridgehead atoms. The highest BCUT2D eigenvalue weighted by molar-refractivity contribution is 5.94. The summed E-state index contributed by atoms with van der Waals surface area (Å²) in [6.07, 6.45) is 1.12. The van der Waals surface area contributed by atoms with Crippen LogP contribution in [0.15, 0.2) is 48.8 Å². The number of nitrogens with one attached hydrogen (secondary N) is 1. The second kappa shape index (κ2) is 8.52. The zero-order chi connectivity index (χ0) is 19.3. The monoisotopic (exact) mass is 377 g/mol. The first-order chi connectivity index (χ1) is 12.9. The molecule has 1 aliphatic rings. The molecule has 1 atom stereocenters. The Morgan fingerprint density at radius 3 is 2.74 bits per heavy atom. The standard InChI is InChI=1S/C20H22F3N3O/c21-20(22,23)18-5-1-4-17(11-18)19(27)25-12-16-3-2-10-26(14-16)13-15-6-8-24-9-7-15/h1,4-9,11,16H,2-3,10,12-14H2,(H,25,27). The average Bonchev–Trinajstić information content (AvgIpc) is 2.67. The van der Waals surface area contributed by atoms with Crippen molar-refractivity contribution in [3.63, 3.8) is 0 Å². The summed E-state index contributed by atoms with van der Waals surface area (Å²) in [5.74, 6) is -0.178. The third-order valence-electron chi connectivity index (χ3n) is 4.76. The smallest absolute Gasteiger partial charge is 0.352 e. The number of pyridine rings is 1. The normalized spacial score (nSPS) is 18.3. The van der Waals surface area contributed by atoms with Crippen LogP contribution in [0.5, 0.6) is 0 Å². The molecular formula is C20H22F3N3O. The topological polar surface area (TPSA) is 45.2 Å². The summed E-state index contributed by atoms with van der Waals surface area (Å²) in [6.45, 7) is 3.15. The lowest BCUT2D eigenvalue weighted by atomic mass is 9.97. The molecule has 27 heavy (non-hydrogen) atoms. The number of rotatable bonds is 5. The largest absolute Gasteiger partial charge is 0.416 e. The van der Waals surface area contributed by atoms with Crippen molar-refractivity contribution in [1.29, 1.82) is 0 Å². The predicted octanol–water partition coefficient (Wildman–Crippen LogP) is 3.74. The molecular weight excluding hydrogens is 355 g/mol. The quantitative estimate of drug-likeness (QED) is 0.863. The highest BCUT2D eigenvalue weighted by atomic mass is 19.4. The third-order valence-corrected chi connectivity index (χ3v) is 4.76. The van der Waals surface area contributed by atoms with E-state index in [1.165, 1.54) is 17.7 Å². The fraction of sp³-hybridized carbons (Fsp3) is 0.400. The van der Waals surface area contributed by atoms with E-state index in [2.05, 4.69) is 15.2 Å². The number of piperidine rings is 1. The Kier molecular flexibility index (Phi) is 6.11. The summed E-state index contributed by atoms with van der Waals surface area (Å²) in [7, 11) is 0. The van der Waals surface area contributed by atoms with E-state index in [4.69, 9.17) is 0 Å². The van der Waals surface area contributed by atoms with Gasteiger partial charge in [0.05, 0.1) is 5.56 Å². The number of likely N-dealkylation sites (tertiary alicyclic amines) is 1. The zero-order valence-corrected chi connectivity index (χ0v) is 14.9. The summed E-state index contributed by atoms with van der Waals surface area (Å²) in [4.78, 5) is 18.6. The molecule has 1 aliphatic heterocycles. The van der Waals surface area contributed by atoms with E-state index in [9.17, 15) is 18.0 Å².